The minimum absolute atomic E-state index is 0.155. The van der Waals surface area contributed by atoms with Gasteiger partial charge in [-0.25, -0.2) is 0 Å². The predicted octanol–water partition coefficient (Wildman–Crippen LogP) is 3.80. The van der Waals surface area contributed by atoms with E-state index in [-0.39, 0.29) is 5.92 Å². The van der Waals surface area contributed by atoms with E-state index in [1.807, 2.05) is 12.1 Å². The van der Waals surface area contributed by atoms with Crippen LogP contribution in [0.25, 0.3) is 0 Å². The van der Waals surface area contributed by atoms with Crippen LogP contribution >= 0.6 is 11.6 Å². The zero-order valence-corrected chi connectivity index (χ0v) is 15.6. The van der Waals surface area contributed by atoms with E-state index in [4.69, 9.17) is 11.6 Å². The normalized spacial score (nSPS) is 24.0. The molecular weight excluding hydrogens is 320 g/mol. The van der Waals surface area contributed by atoms with Gasteiger partial charge in [0.25, 0.3) is 0 Å². The van der Waals surface area contributed by atoms with Gasteiger partial charge in [-0.3, -0.25) is 0 Å². The van der Waals surface area contributed by atoms with Crippen LogP contribution in [-0.2, 0) is 0 Å². The van der Waals surface area contributed by atoms with Crippen molar-refractivity contribution in [2.75, 3.05) is 26.7 Å². The molecule has 2 aliphatic rings. The van der Waals surface area contributed by atoms with Gasteiger partial charge in [0.2, 0.25) is 0 Å². The predicted molar refractivity (Wildman–Crippen MR) is 101 cm³/mol. The van der Waals surface area contributed by atoms with E-state index in [1.54, 1.807) is 0 Å². The zero-order valence-electron chi connectivity index (χ0n) is 14.8. The summed E-state index contributed by atoms with van der Waals surface area (Å²) in [5, 5.41) is 15.6. The molecule has 0 spiro atoms. The molecule has 0 amide bonds. The van der Waals surface area contributed by atoms with Gasteiger partial charge < -0.3 is 15.3 Å². The summed E-state index contributed by atoms with van der Waals surface area (Å²) in [5.74, 6) is 0.155. The summed E-state index contributed by atoms with van der Waals surface area (Å²) in [6.07, 6.45) is 7.73. The second-order valence-corrected chi connectivity index (χ2v) is 8.07. The number of halogens is 1. The standard InChI is InChI=1S/C20H31ClN2O/c1-22-18-8-12-23(13-9-18)15-19(16-6-5-7-17(21)14-16)20(24)10-3-2-4-11-20/h5-7,14,18-19,22,24H,2-4,8-13,15H2,1H3. The van der Waals surface area contributed by atoms with Gasteiger partial charge in [-0.05, 0) is 63.5 Å². The van der Waals surface area contributed by atoms with E-state index in [0.717, 1.165) is 50.3 Å². The molecule has 0 radical (unpaired) electrons. The molecule has 3 rings (SSSR count). The van der Waals surface area contributed by atoms with Gasteiger partial charge in [-0.1, -0.05) is 43.0 Å². The quantitative estimate of drug-likeness (QED) is 0.847. The third-order valence-electron chi connectivity index (χ3n) is 6.06. The van der Waals surface area contributed by atoms with E-state index >= 15 is 0 Å². The number of likely N-dealkylation sites (tertiary alicyclic amines) is 1. The minimum atomic E-state index is -0.581. The van der Waals surface area contributed by atoms with Crippen LogP contribution in [0.5, 0.6) is 0 Å². The van der Waals surface area contributed by atoms with Crippen LogP contribution in [0.2, 0.25) is 5.02 Å². The Hall–Kier alpha value is -0.610. The summed E-state index contributed by atoms with van der Waals surface area (Å²) in [7, 11) is 2.06. The summed E-state index contributed by atoms with van der Waals surface area (Å²) in [6.45, 7) is 3.16. The first kappa shape index (κ1) is 18.2. The molecule has 2 N–H and O–H groups in total. The van der Waals surface area contributed by atoms with Crippen molar-refractivity contribution in [3.63, 3.8) is 0 Å². The van der Waals surface area contributed by atoms with Crippen LogP contribution in [0, 0.1) is 0 Å². The maximum atomic E-state index is 11.4. The fourth-order valence-electron chi connectivity index (χ4n) is 4.48. The number of aliphatic hydroxyl groups is 1. The third kappa shape index (κ3) is 4.32. The number of rotatable bonds is 5. The van der Waals surface area contributed by atoms with Gasteiger partial charge >= 0.3 is 0 Å². The van der Waals surface area contributed by atoms with Crippen LogP contribution in [-0.4, -0.2) is 48.3 Å². The molecule has 0 aromatic heterocycles. The molecule has 1 saturated heterocycles. The Balaban J connectivity index is 1.77. The van der Waals surface area contributed by atoms with Crippen LogP contribution in [0.4, 0.5) is 0 Å². The summed E-state index contributed by atoms with van der Waals surface area (Å²) < 4.78 is 0. The van der Waals surface area contributed by atoms with Gasteiger partial charge in [0.1, 0.15) is 0 Å². The molecule has 0 bridgehead atoms. The number of nitrogens with zero attached hydrogens (tertiary/aromatic N) is 1. The second-order valence-electron chi connectivity index (χ2n) is 7.64. The Bertz CT molecular complexity index is 522. The van der Waals surface area contributed by atoms with Crippen molar-refractivity contribution in [3.05, 3.63) is 34.9 Å². The molecule has 1 aliphatic carbocycles. The number of hydrogen-bond donors (Lipinski definition) is 2. The van der Waals surface area contributed by atoms with Crippen LogP contribution in [0.1, 0.15) is 56.4 Å². The van der Waals surface area contributed by atoms with Crippen molar-refractivity contribution in [3.8, 4) is 0 Å². The lowest BCUT2D eigenvalue weighted by Crippen LogP contribution is -2.48. The van der Waals surface area contributed by atoms with Crippen molar-refractivity contribution < 1.29 is 5.11 Å². The molecule has 24 heavy (non-hydrogen) atoms. The van der Waals surface area contributed by atoms with E-state index in [1.165, 1.54) is 24.8 Å². The molecule has 4 heteroatoms. The Morgan fingerprint density at radius 2 is 1.96 bits per heavy atom. The summed E-state index contributed by atoms with van der Waals surface area (Å²) >= 11 is 6.25. The monoisotopic (exact) mass is 350 g/mol. The largest absolute Gasteiger partial charge is 0.389 e. The molecule has 1 saturated carbocycles. The first-order valence-corrected chi connectivity index (χ1v) is 9.86. The summed E-state index contributed by atoms with van der Waals surface area (Å²) in [5.41, 5.74) is 0.616. The number of nitrogens with one attached hydrogen (secondary N) is 1. The van der Waals surface area contributed by atoms with Gasteiger partial charge in [0.05, 0.1) is 5.60 Å². The van der Waals surface area contributed by atoms with E-state index < -0.39 is 5.60 Å². The van der Waals surface area contributed by atoms with E-state index in [0.29, 0.717) is 6.04 Å². The number of piperidine rings is 1. The SMILES string of the molecule is CNC1CCN(CC(c2cccc(Cl)c2)C2(O)CCCCC2)CC1. The molecule has 1 heterocycles. The fraction of sp³-hybridized carbons (Fsp3) is 0.700. The first-order valence-electron chi connectivity index (χ1n) is 9.48. The van der Waals surface area contributed by atoms with Crippen LogP contribution in [0.15, 0.2) is 24.3 Å². The molecule has 134 valence electrons. The molecule has 3 nitrogen and oxygen atoms in total. The number of hydrogen-bond acceptors (Lipinski definition) is 3. The first-order chi connectivity index (χ1) is 11.6. The maximum Gasteiger partial charge on any atom is 0.0728 e. The highest BCUT2D eigenvalue weighted by Gasteiger charge is 2.40. The average Bonchev–Trinajstić information content (AvgIpc) is 2.60. The topological polar surface area (TPSA) is 35.5 Å². The Morgan fingerprint density at radius 3 is 2.58 bits per heavy atom. The van der Waals surface area contributed by atoms with E-state index in [2.05, 4.69) is 29.4 Å². The van der Waals surface area contributed by atoms with Crippen molar-refractivity contribution in [1.29, 1.82) is 0 Å². The van der Waals surface area contributed by atoms with Gasteiger partial charge in [0.15, 0.2) is 0 Å². The Labute approximate surface area is 151 Å². The zero-order chi connectivity index (χ0) is 17.0. The van der Waals surface area contributed by atoms with Gasteiger partial charge in [0, 0.05) is 23.5 Å². The molecule has 1 aliphatic heterocycles. The average molecular weight is 351 g/mol. The smallest absolute Gasteiger partial charge is 0.0728 e. The second kappa shape index (κ2) is 8.18. The highest BCUT2D eigenvalue weighted by molar-refractivity contribution is 6.30. The highest BCUT2D eigenvalue weighted by atomic mass is 35.5. The van der Waals surface area contributed by atoms with Crippen LogP contribution < -0.4 is 5.32 Å². The maximum absolute atomic E-state index is 11.4. The van der Waals surface area contributed by atoms with Gasteiger partial charge in [-0.15, -0.1) is 0 Å². The molecule has 2 fully saturated rings. The fourth-order valence-corrected chi connectivity index (χ4v) is 4.68. The molecule has 1 atom stereocenters. The lowest BCUT2D eigenvalue weighted by molar-refractivity contribution is -0.0326. The lowest BCUT2D eigenvalue weighted by Gasteiger charge is -2.43. The van der Waals surface area contributed by atoms with Crippen LogP contribution in [0.3, 0.4) is 0 Å². The third-order valence-corrected chi connectivity index (χ3v) is 6.29. The Kier molecular flexibility index (Phi) is 6.20. The van der Waals surface area contributed by atoms with Crippen molar-refractivity contribution in [1.82, 2.24) is 10.2 Å². The summed E-state index contributed by atoms with van der Waals surface area (Å²) in [6, 6.07) is 8.78. The minimum Gasteiger partial charge on any atom is -0.389 e. The Morgan fingerprint density at radius 1 is 1.25 bits per heavy atom. The van der Waals surface area contributed by atoms with E-state index in [9.17, 15) is 5.11 Å². The lowest BCUT2D eigenvalue weighted by atomic mass is 9.72. The van der Waals surface area contributed by atoms with Crippen molar-refractivity contribution in [2.45, 2.75) is 62.5 Å². The molecular formula is C20H31ClN2O. The van der Waals surface area contributed by atoms with Crippen molar-refractivity contribution in [2.24, 2.45) is 0 Å². The molecule has 1 unspecified atom stereocenters. The van der Waals surface area contributed by atoms with Gasteiger partial charge in [-0.2, -0.15) is 0 Å². The number of benzene rings is 1. The molecule has 1 aromatic carbocycles. The van der Waals surface area contributed by atoms with Crippen molar-refractivity contribution >= 4 is 11.6 Å². The summed E-state index contributed by atoms with van der Waals surface area (Å²) in [4.78, 5) is 2.53. The molecule has 1 aromatic rings. The highest BCUT2D eigenvalue weighted by Crippen LogP contribution is 2.41.